The zero-order valence-corrected chi connectivity index (χ0v) is 13.3. The van der Waals surface area contributed by atoms with Crippen LogP contribution in [-0.4, -0.2) is 28.7 Å². The molecule has 1 amide bonds. The largest absolute Gasteiger partial charge is 0.374 e. The summed E-state index contributed by atoms with van der Waals surface area (Å²) in [6.07, 6.45) is 3.29. The van der Waals surface area contributed by atoms with Crippen molar-refractivity contribution in [1.82, 2.24) is 4.90 Å². The lowest BCUT2D eigenvalue weighted by molar-refractivity contribution is -0.137. The zero-order valence-electron chi connectivity index (χ0n) is 13.3. The summed E-state index contributed by atoms with van der Waals surface area (Å²) in [6, 6.07) is 18.9. The maximum Gasteiger partial charge on any atom is 0.224 e. The Labute approximate surface area is 137 Å². The van der Waals surface area contributed by atoms with E-state index in [1.54, 1.807) is 4.90 Å². The summed E-state index contributed by atoms with van der Waals surface area (Å²) in [7, 11) is 0. The van der Waals surface area contributed by atoms with Crippen LogP contribution in [0.3, 0.4) is 0 Å². The second-order valence-corrected chi connectivity index (χ2v) is 6.13. The van der Waals surface area contributed by atoms with Gasteiger partial charge in [-0.25, -0.2) is 0 Å². The number of rotatable bonds is 5. The van der Waals surface area contributed by atoms with Crippen molar-refractivity contribution in [2.45, 2.75) is 38.3 Å². The number of aliphatic hydroxyl groups is 1. The molecule has 1 saturated heterocycles. The Morgan fingerprint density at radius 1 is 1.04 bits per heavy atom. The van der Waals surface area contributed by atoms with Gasteiger partial charge in [-0.1, -0.05) is 54.6 Å². The Kier molecular flexibility index (Phi) is 5.09. The molecule has 1 fully saturated rings. The maximum absolute atomic E-state index is 12.1. The molecular weight excluding hydrogens is 286 g/mol. The Bertz CT molecular complexity index is 636. The Balaban J connectivity index is 1.50. The molecule has 1 unspecified atom stereocenters. The standard InChI is InChI=1S/C20H23NO2/c22-19(21-15-5-10-20(21)23)9-4-6-16-11-13-18(14-12-16)17-7-2-1-3-8-17/h1-3,7-8,11-14,20,23H,4-6,9-10,15H2. The Morgan fingerprint density at radius 3 is 2.39 bits per heavy atom. The van der Waals surface area contributed by atoms with E-state index in [1.807, 2.05) is 18.2 Å². The minimum absolute atomic E-state index is 0.0795. The lowest BCUT2D eigenvalue weighted by atomic mass is 10.0. The summed E-state index contributed by atoms with van der Waals surface area (Å²) in [6.45, 7) is 0.700. The van der Waals surface area contributed by atoms with Crippen LogP contribution in [0.4, 0.5) is 0 Å². The molecule has 3 rings (SSSR count). The molecule has 1 N–H and O–H groups in total. The molecular formula is C20H23NO2. The molecule has 0 aromatic heterocycles. The topological polar surface area (TPSA) is 40.5 Å². The van der Waals surface area contributed by atoms with Gasteiger partial charge in [0.15, 0.2) is 0 Å². The van der Waals surface area contributed by atoms with Gasteiger partial charge in [-0.2, -0.15) is 0 Å². The van der Waals surface area contributed by atoms with Gasteiger partial charge in [0.1, 0.15) is 6.23 Å². The van der Waals surface area contributed by atoms with Crippen LogP contribution >= 0.6 is 0 Å². The number of amides is 1. The number of likely N-dealkylation sites (tertiary alicyclic amines) is 1. The molecule has 1 atom stereocenters. The first-order chi connectivity index (χ1) is 11.2. The van der Waals surface area contributed by atoms with Crippen molar-refractivity contribution < 1.29 is 9.90 Å². The summed E-state index contributed by atoms with van der Waals surface area (Å²) in [5, 5.41) is 9.72. The van der Waals surface area contributed by atoms with E-state index in [0.717, 1.165) is 19.3 Å². The van der Waals surface area contributed by atoms with Crippen molar-refractivity contribution >= 4 is 5.91 Å². The minimum atomic E-state index is -0.562. The maximum atomic E-state index is 12.1. The lowest BCUT2D eigenvalue weighted by Gasteiger charge is -2.20. The minimum Gasteiger partial charge on any atom is -0.374 e. The number of hydrogen-bond donors (Lipinski definition) is 1. The zero-order chi connectivity index (χ0) is 16.1. The molecule has 1 aliphatic rings. The highest BCUT2D eigenvalue weighted by atomic mass is 16.3. The van der Waals surface area contributed by atoms with E-state index in [4.69, 9.17) is 0 Å². The second-order valence-electron chi connectivity index (χ2n) is 6.13. The summed E-state index contributed by atoms with van der Waals surface area (Å²) < 4.78 is 0. The van der Waals surface area contributed by atoms with Crippen molar-refractivity contribution in [3.05, 3.63) is 60.2 Å². The van der Waals surface area contributed by atoms with Gasteiger partial charge >= 0.3 is 0 Å². The lowest BCUT2D eigenvalue weighted by Crippen LogP contribution is -2.35. The van der Waals surface area contributed by atoms with E-state index in [2.05, 4.69) is 36.4 Å². The fourth-order valence-corrected chi connectivity index (χ4v) is 3.12. The molecule has 120 valence electrons. The third-order valence-corrected chi connectivity index (χ3v) is 4.46. The first-order valence-electron chi connectivity index (χ1n) is 8.36. The van der Waals surface area contributed by atoms with Gasteiger partial charge in [0.05, 0.1) is 0 Å². The average molecular weight is 309 g/mol. The van der Waals surface area contributed by atoms with Crippen molar-refractivity contribution in [3.63, 3.8) is 0 Å². The van der Waals surface area contributed by atoms with Crippen LogP contribution < -0.4 is 0 Å². The van der Waals surface area contributed by atoms with Crippen LogP contribution in [0.25, 0.3) is 11.1 Å². The summed E-state index contributed by atoms with van der Waals surface area (Å²) in [5.74, 6) is 0.0795. The number of aryl methyl sites for hydroxylation is 1. The number of carbonyl (C=O) groups is 1. The monoisotopic (exact) mass is 309 g/mol. The number of benzene rings is 2. The van der Waals surface area contributed by atoms with E-state index in [0.29, 0.717) is 19.4 Å². The van der Waals surface area contributed by atoms with Gasteiger partial charge < -0.3 is 10.0 Å². The first kappa shape index (κ1) is 15.8. The molecule has 0 saturated carbocycles. The van der Waals surface area contributed by atoms with Crippen LogP contribution in [0.15, 0.2) is 54.6 Å². The van der Waals surface area contributed by atoms with E-state index in [1.165, 1.54) is 16.7 Å². The second kappa shape index (κ2) is 7.42. The van der Waals surface area contributed by atoms with Gasteiger partial charge in [0, 0.05) is 13.0 Å². The SMILES string of the molecule is O=C(CCCc1ccc(-c2ccccc2)cc1)N1CCCC1O. The van der Waals surface area contributed by atoms with Crippen LogP contribution in [0, 0.1) is 0 Å². The van der Waals surface area contributed by atoms with Gasteiger partial charge in [0.25, 0.3) is 0 Å². The van der Waals surface area contributed by atoms with Crippen LogP contribution in [0.5, 0.6) is 0 Å². The molecule has 3 heteroatoms. The molecule has 0 radical (unpaired) electrons. The van der Waals surface area contributed by atoms with Crippen LogP contribution in [0.1, 0.15) is 31.2 Å². The van der Waals surface area contributed by atoms with Crippen LogP contribution in [0.2, 0.25) is 0 Å². The van der Waals surface area contributed by atoms with E-state index in [9.17, 15) is 9.90 Å². The third-order valence-electron chi connectivity index (χ3n) is 4.46. The van der Waals surface area contributed by atoms with E-state index in [-0.39, 0.29) is 5.91 Å². The highest BCUT2D eigenvalue weighted by Gasteiger charge is 2.25. The molecule has 1 aliphatic heterocycles. The number of nitrogens with zero attached hydrogens (tertiary/aromatic N) is 1. The average Bonchev–Trinajstić information content (AvgIpc) is 3.02. The predicted octanol–water partition coefficient (Wildman–Crippen LogP) is 3.62. The van der Waals surface area contributed by atoms with E-state index >= 15 is 0 Å². The third kappa shape index (κ3) is 3.99. The molecule has 23 heavy (non-hydrogen) atoms. The normalized spacial score (nSPS) is 17.4. The summed E-state index contributed by atoms with van der Waals surface area (Å²) in [5.41, 5.74) is 3.68. The van der Waals surface area contributed by atoms with Gasteiger partial charge in [-0.3, -0.25) is 4.79 Å². The van der Waals surface area contributed by atoms with Gasteiger partial charge in [-0.15, -0.1) is 0 Å². The molecule has 2 aromatic rings. The van der Waals surface area contributed by atoms with E-state index < -0.39 is 6.23 Å². The number of carbonyl (C=O) groups excluding carboxylic acids is 1. The molecule has 1 heterocycles. The summed E-state index contributed by atoms with van der Waals surface area (Å²) >= 11 is 0. The Hall–Kier alpha value is -2.13. The van der Waals surface area contributed by atoms with Gasteiger partial charge in [-0.05, 0) is 42.4 Å². The number of aliphatic hydroxyl groups excluding tert-OH is 1. The first-order valence-corrected chi connectivity index (χ1v) is 8.36. The fraction of sp³-hybridized carbons (Fsp3) is 0.350. The molecule has 3 nitrogen and oxygen atoms in total. The smallest absolute Gasteiger partial charge is 0.224 e. The molecule has 2 aromatic carbocycles. The quantitative estimate of drug-likeness (QED) is 0.916. The highest BCUT2D eigenvalue weighted by molar-refractivity contribution is 5.76. The van der Waals surface area contributed by atoms with Crippen molar-refractivity contribution in [2.75, 3.05) is 6.54 Å². The molecule has 0 spiro atoms. The predicted molar refractivity (Wildman–Crippen MR) is 91.8 cm³/mol. The molecule has 0 bridgehead atoms. The highest BCUT2D eigenvalue weighted by Crippen LogP contribution is 2.20. The number of hydrogen-bond acceptors (Lipinski definition) is 2. The van der Waals surface area contributed by atoms with Crippen molar-refractivity contribution in [3.8, 4) is 11.1 Å². The Morgan fingerprint density at radius 2 is 1.74 bits per heavy atom. The van der Waals surface area contributed by atoms with Crippen molar-refractivity contribution in [1.29, 1.82) is 0 Å². The fourth-order valence-electron chi connectivity index (χ4n) is 3.12. The summed E-state index contributed by atoms with van der Waals surface area (Å²) in [4.78, 5) is 13.7. The molecule has 0 aliphatic carbocycles. The van der Waals surface area contributed by atoms with Crippen molar-refractivity contribution in [2.24, 2.45) is 0 Å². The van der Waals surface area contributed by atoms with Crippen LogP contribution in [-0.2, 0) is 11.2 Å². The van der Waals surface area contributed by atoms with Gasteiger partial charge in [0.2, 0.25) is 5.91 Å².